The highest BCUT2D eigenvalue weighted by Crippen LogP contribution is 2.27. The minimum absolute atomic E-state index is 0.605. The van der Waals surface area contributed by atoms with Crippen LogP contribution in [0.5, 0.6) is 0 Å². The van der Waals surface area contributed by atoms with Gasteiger partial charge in [0.05, 0.1) is 22.4 Å². The monoisotopic (exact) mass is 238 g/mol. The second-order valence-electron chi connectivity index (χ2n) is 4.40. The fourth-order valence-electron chi connectivity index (χ4n) is 2.07. The van der Waals surface area contributed by atoms with Crippen molar-refractivity contribution in [2.24, 2.45) is 0 Å². The first kappa shape index (κ1) is 10.7. The molecule has 4 nitrogen and oxygen atoms in total. The van der Waals surface area contributed by atoms with Crippen molar-refractivity contribution in [1.29, 1.82) is 0 Å². The maximum Gasteiger partial charge on any atom is 0.104 e. The first-order valence-electron chi connectivity index (χ1n) is 5.75. The van der Waals surface area contributed by atoms with Crippen LogP contribution in [0.15, 0.2) is 36.4 Å². The molecule has 0 atom stereocenters. The molecule has 1 aromatic heterocycles. The molecule has 0 bridgehead atoms. The van der Waals surface area contributed by atoms with Gasteiger partial charge in [0.2, 0.25) is 0 Å². The minimum Gasteiger partial charge on any atom is -0.397 e. The van der Waals surface area contributed by atoms with Crippen molar-refractivity contribution in [1.82, 2.24) is 9.97 Å². The van der Waals surface area contributed by atoms with Crippen molar-refractivity contribution in [2.45, 2.75) is 6.92 Å². The number of fused-ring (bicyclic) bond motifs is 1. The molecule has 0 spiro atoms. The van der Waals surface area contributed by atoms with Gasteiger partial charge in [0.1, 0.15) is 5.82 Å². The second kappa shape index (κ2) is 3.77. The normalized spacial score (nSPS) is 10.9. The van der Waals surface area contributed by atoms with Gasteiger partial charge in [0.25, 0.3) is 0 Å². The summed E-state index contributed by atoms with van der Waals surface area (Å²) in [6, 6.07) is 11.8. The van der Waals surface area contributed by atoms with E-state index in [4.69, 9.17) is 11.5 Å². The van der Waals surface area contributed by atoms with Gasteiger partial charge in [0.15, 0.2) is 0 Å². The molecular weight excluding hydrogens is 224 g/mol. The Morgan fingerprint density at radius 3 is 2.44 bits per heavy atom. The lowest BCUT2D eigenvalue weighted by Crippen LogP contribution is -1.94. The number of aromatic amines is 1. The van der Waals surface area contributed by atoms with Crippen molar-refractivity contribution in [3.63, 3.8) is 0 Å². The summed E-state index contributed by atoms with van der Waals surface area (Å²) in [6.07, 6.45) is 0. The Morgan fingerprint density at radius 2 is 1.67 bits per heavy atom. The number of nitrogen functional groups attached to an aromatic ring is 2. The van der Waals surface area contributed by atoms with Gasteiger partial charge in [-0.25, -0.2) is 4.98 Å². The molecule has 0 unspecified atom stereocenters. The zero-order valence-corrected chi connectivity index (χ0v) is 10.1. The fourth-order valence-corrected chi connectivity index (χ4v) is 2.07. The predicted molar refractivity (Wildman–Crippen MR) is 75.1 cm³/mol. The lowest BCUT2D eigenvalue weighted by Gasteiger charge is -2.05. The number of benzene rings is 2. The van der Waals surface area contributed by atoms with E-state index in [-0.39, 0.29) is 0 Å². The van der Waals surface area contributed by atoms with Gasteiger partial charge in [-0.2, -0.15) is 0 Å². The van der Waals surface area contributed by atoms with Gasteiger partial charge < -0.3 is 16.5 Å². The first-order valence-corrected chi connectivity index (χ1v) is 5.75. The Kier molecular flexibility index (Phi) is 2.23. The number of anilines is 2. The highest BCUT2D eigenvalue weighted by molar-refractivity contribution is 5.83. The Bertz CT molecular complexity index is 728. The Hall–Kier alpha value is -2.49. The number of aromatic nitrogens is 2. The molecule has 0 aliphatic rings. The first-order chi connectivity index (χ1) is 8.63. The van der Waals surface area contributed by atoms with Gasteiger partial charge >= 0.3 is 0 Å². The van der Waals surface area contributed by atoms with Crippen molar-refractivity contribution < 1.29 is 0 Å². The van der Waals surface area contributed by atoms with Crippen molar-refractivity contribution in [3.8, 4) is 11.1 Å². The summed E-state index contributed by atoms with van der Waals surface area (Å²) in [5, 5.41) is 0. The van der Waals surface area contributed by atoms with E-state index in [2.05, 4.69) is 16.0 Å². The molecule has 0 aliphatic carbocycles. The average molecular weight is 238 g/mol. The molecule has 90 valence electrons. The van der Waals surface area contributed by atoms with Crippen LogP contribution in [0.3, 0.4) is 0 Å². The average Bonchev–Trinajstić information content (AvgIpc) is 2.71. The number of rotatable bonds is 1. The molecule has 18 heavy (non-hydrogen) atoms. The number of imidazole rings is 1. The third-order valence-electron chi connectivity index (χ3n) is 3.02. The number of aryl methyl sites for hydroxylation is 1. The van der Waals surface area contributed by atoms with Crippen molar-refractivity contribution >= 4 is 22.4 Å². The molecule has 4 heteroatoms. The molecule has 0 amide bonds. The molecule has 0 radical (unpaired) electrons. The smallest absolute Gasteiger partial charge is 0.104 e. The molecule has 2 aromatic carbocycles. The lowest BCUT2D eigenvalue weighted by molar-refractivity contribution is 1.17. The van der Waals surface area contributed by atoms with Gasteiger partial charge in [0, 0.05) is 0 Å². The van der Waals surface area contributed by atoms with Crippen molar-refractivity contribution in [2.75, 3.05) is 11.5 Å². The van der Waals surface area contributed by atoms with E-state index < -0.39 is 0 Å². The van der Waals surface area contributed by atoms with E-state index in [1.165, 1.54) is 0 Å². The van der Waals surface area contributed by atoms with Crippen LogP contribution in [-0.2, 0) is 0 Å². The molecule has 3 aromatic rings. The van der Waals surface area contributed by atoms with Crippen LogP contribution in [0.2, 0.25) is 0 Å². The van der Waals surface area contributed by atoms with E-state index in [1.807, 2.05) is 37.3 Å². The molecule has 1 heterocycles. The number of hydrogen-bond donors (Lipinski definition) is 3. The maximum absolute atomic E-state index is 5.83. The molecule has 5 N–H and O–H groups in total. The van der Waals surface area contributed by atoms with E-state index in [9.17, 15) is 0 Å². The molecule has 0 saturated carbocycles. The summed E-state index contributed by atoms with van der Waals surface area (Å²) in [4.78, 5) is 7.61. The van der Waals surface area contributed by atoms with Crippen LogP contribution in [0.4, 0.5) is 11.4 Å². The van der Waals surface area contributed by atoms with Crippen LogP contribution >= 0.6 is 0 Å². The van der Waals surface area contributed by atoms with E-state index in [0.717, 1.165) is 28.0 Å². The summed E-state index contributed by atoms with van der Waals surface area (Å²) in [5.74, 6) is 0.916. The quantitative estimate of drug-likeness (QED) is 0.570. The number of hydrogen-bond acceptors (Lipinski definition) is 3. The Morgan fingerprint density at radius 1 is 0.944 bits per heavy atom. The van der Waals surface area contributed by atoms with Crippen LogP contribution in [-0.4, -0.2) is 9.97 Å². The highest BCUT2D eigenvalue weighted by Gasteiger charge is 2.04. The zero-order valence-electron chi connectivity index (χ0n) is 10.1. The second-order valence-corrected chi connectivity index (χ2v) is 4.40. The van der Waals surface area contributed by atoms with Crippen LogP contribution < -0.4 is 11.5 Å². The van der Waals surface area contributed by atoms with Crippen LogP contribution in [0.25, 0.3) is 22.2 Å². The summed E-state index contributed by atoms with van der Waals surface area (Å²) in [7, 11) is 0. The SMILES string of the molecule is Cc1nc2ccc(-c3ccc(N)c(N)c3)cc2[nH]1. The number of H-pyrrole nitrogens is 1. The fraction of sp³-hybridized carbons (Fsp3) is 0.0714. The maximum atomic E-state index is 5.83. The largest absolute Gasteiger partial charge is 0.397 e. The molecule has 0 saturated heterocycles. The van der Waals surface area contributed by atoms with Crippen LogP contribution in [0, 0.1) is 6.92 Å². The summed E-state index contributed by atoms with van der Waals surface area (Å²) < 4.78 is 0. The van der Waals surface area contributed by atoms with E-state index in [0.29, 0.717) is 11.4 Å². The van der Waals surface area contributed by atoms with Gasteiger partial charge in [-0.1, -0.05) is 12.1 Å². The number of nitrogens with two attached hydrogens (primary N) is 2. The standard InChI is InChI=1S/C14H14N4/c1-8-17-13-5-3-10(7-14(13)18-8)9-2-4-11(15)12(16)6-9/h2-7H,15-16H2,1H3,(H,17,18). The molecule has 3 rings (SSSR count). The van der Waals surface area contributed by atoms with Crippen LogP contribution in [0.1, 0.15) is 5.82 Å². The summed E-state index contributed by atoms with van der Waals surface area (Å²) >= 11 is 0. The van der Waals surface area contributed by atoms with E-state index in [1.54, 1.807) is 0 Å². The van der Waals surface area contributed by atoms with E-state index >= 15 is 0 Å². The van der Waals surface area contributed by atoms with Crippen molar-refractivity contribution in [3.05, 3.63) is 42.2 Å². The molecular formula is C14H14N4. The number of nitrogens with one attached hydrogen (secondary N) is 1. The lowest BCUT2D eigenvalue weighted by atomic mass is 10.0. The topological polar surface area (TPSA) is 80.7 Å². The Balaban J connectivity index is 2.15. The third kappa shape index (κ3) is 1.68. The number of nitrogens with zero attached hydrogens (tertiary/aromatic N) is 1. The minimum atomic E-state index is 0.605. The molecule has 0 aliphatic heterocycles. The zero-order chi connectivity index (χ0) is 12.7. The predicted octanol–water partition coefficient (Wildman–Crippen LogP) is 2.70. The van der Waals surface area contributed by atoms with Gasteiger partial charge in [-0.15, -0.1) is 0 Å². The summed E-state index contributed by atoms with van der Waals surface area (Å²) in [6.45, 7) is 1.95. The summed E-state index contributed by atoms with van der Waals surface area (Å²) in [5.41, 5.74) is 16.9. The molecule has 0 fully saturated rings. The highest BCUT2D eigenvalue weighted by atomic mass is 14.9. The van der Waals surface area contributed by atoms with Gasteiger partial charge in [-0.3, -0.25) is 0 Å². The Labute approximate surface area is 105 Å². The third-order valence-corrected chi connectivity index (χ3v) is 3.02. The van der Waals surface area contributed by atoms with Gasteiger partial charge in [-0.05, 0) is 42.3 Å².